The Morgan fingerprint density at radius 2 is 1.33 bits per heavy atom. The summed E-state index contributed by atoms with van der Waals surface area (Å²) in [5.41, 5.74) is 0. The van der Waals surface area contributed by atoms with Crippen molar-refractivity contribution < 1.29 is 46.7 Å². The second-order valence-corrected chi connectivity index (χ2v) is 4.82. The maximum Gasteiger partial charge on any atom is 1.00 e. The van der Waals surface area contributed by atoms with Crippen molar-refractivity contribution in [1.82, 2.24) is 0 Å². The molecule has 6 heteroatoms. The molecule has 0 spiro atoms. The average molecular weight is 290 g/mol. The molecule has 0 aromatic carbocycles. The van der Waals surface area contributed by atoms with Crippen LogP contribution in [0.5, 0.6) is 0 Å². The molecule has 0 aliphatic rings. The van der Waals surface area contributed by atoms with Gasteiger partial charge in [0.15, 0.2) is 0 Å². The third-order valence-electron chi connectivity index (χ3n) is 2.23. The molecule has 0 aromatic rings. The number of hydrogen-bond acceptors (Lipinski definition) is 3. The van der Waals surface area contributed by atoms with Crippen LogP contribution in [0.3, 0.4) is 0 Å². The zero-order chi connectivity index (χ0) is 13.6. The Labute approximate surface area is 135 Å². The Morgan fingerprint density at radius 1 is 0.944 bits per heavy atom. The standard InChI is InChI=1S/C10H22O4S.C2H5.Na/c1-2-3-4-5-6-7-8-9-10-14-15(11,12)13;1-2;/h2-10H2,1H3,(H,11,12,13);1H2,2H3;/q;-1;+1. The molecule has 0 saturated carbocycles. The molecule has 4 nitrogen and oxygen atoms in total. The van der Waals surface area contributed by atoms with E-state index in [1.54, 1.807) is 6.92 Å². The second-order valence-electron chi connectivity index (χ2n) is 3.72. The van der Waals surface area contributed by atoms with Crippen molar-refractivity contribution in [2.24, 2.45) is 0 Å². The van der Waals surface area contributed by atoms with Crippen LogP contribution in [0.1, 0.15) is 65.2 Å². The topological polar surface area (TPSA) is 63.6 Å². The minimum Gasteiger partial charge on any atom is -0.346 e. The van der Waals surface area contributed by atoms with Crippen LogP contribution >= 0.6 is 0 Å². The van der Waals surface area contributed by atoms with E-state index in [4.69, 9.17) is 4.55 Å². The molecule has 0 fully saturated rings. The zero-order valence-corrected chi connectivity index (χ0v) is 15.0. The average Bonchev–Trinajstić information content (AvgIpc) is 2.28. The molecule has 0 aliphatic heterocycles. The Kier molecular flexibility index (Phi) is 23.8. The van der Waals surface area contributed by atoms with E-state index in [1.165, 1.54) is 32.1 Å². The Bertz CT molecular complexity index is 230. The van der Waals surface area contributed by atoms with Crippen LogP contribution in [0.4, 0.5) is 0 Å². The Morgan fingerprint density at radius 3 is 1.72 bits per heavy atom. The molecule has 0 aromatic heterocycles. The third kappa shape index (κ3) is 25.7. The van der Waals surface area contributed by atoms with Gasteiger partial charge in [0.05, 0.1) is 6.61 Å². The van der Waals surface area contributed by atoms with Crippen LogP contribution < -0.4 is 29.6 Å². The van der Waals surface area contributed by atoms with Crippen molar-refractivity contribution in [3.8, 4) is 0 Å². The van der Waals surface area contributed by atoms with Crippen molar-refractivity contribution in [2.75, 3.05) is 6.61 Å². The summed E-state index contributed by atoms with van der Waals surface area (Å²) in [5.74, 6) is 0. The quantitative estimate of drug-likeness (QED) is 0.280. The van der Waals surface area contributed by atoms with Crippen LogP contribution in [0.2, 0.25) is 0 Å². The van der Waals surface area contributed by atoms with E-state index < -0.39 is 10.4 Å². The predicted molar refractivity (Wildman–Crippen MR) is 71.1 cm³/mol. The molecule has 0 amide bonds. The van der Waals surface area contributed by atoms with Crippen LogP contribution in [-0.2, 0) is 14.6 Å². The molecule has 0 unspecified atom stereocenters. The summed E-state index contributed by atoms with van der Waals surface area (Å²) < 4.78 is 32.8. The number of rotatable bonds is 10. The molecule has 0 aliphatic carbocycles. The summed E-state index contributed by atoms with van der Waals surface area (Å²) in [6.45, 7) is 7.28. The van der Waals surface area contributed by atoms with E-state index in [2.05, 4.69) is 18.0 Å². The summed E-state index contributed by atoms with van der Waals surface area (Å²) in [7, 11) is -4.23. The fourth-order valence-corrected chi connectivity index (χ4v) is 1.73. The van der Waals surface area contributed by atoms with Gasteiger partial charge in [-0.1, -0.05) is 51.9 Å². The first-order valence-corrected chi connectivity index (χ1v) is 7.75. The third-order valence-corrected chi connectivity index (χ3v) is 2.69. The Hall–Kier alpha value is 0.870. The van der Waals surface area contributed by atoms with E-state index in [9.17, 15) is 8.42 Å². The molecule has 0 radical (unpaired) electrons. The minimum absolute atomic E-state index is 0. The predicted octanol–water partition coefficient (Wildman–Crippen LogP) is 0.791. The zero-order valence-electron chi connectivity index (χ0n) is 12.2. The van der Waals surface area contributed by atoms with E-state index in [0.717, 1.165) is 12.8 Å². The van der Waals surface area contributed by atoms with E-state index >= 15 is 0 Å². The molecular formula is C12H27NaO4S. The summed E-state index contributed by atoms with van der Waals surface area (Å²) in [6, 6.07) is 0. The molecule has 0 rings (SSSR count). The molecule has 0 heterocycles. The van der Waals surface area contributed by atoms with Crippen LogP contribution in [0, 0.1) is 6.92 Å². The van der Waals surface area contributed by atoms with Crippen LogP contribution in [0.25, 0.3) is 0 Å². The summed E-state index contributed by atoms with van der Waals surface area (Å²) >= 11 is 0. The van der Waals surface area contributed by atoms with Crippen molar-refractivity contribution in [1.29, 1.82) is 0 Å². The van der Waals surface area contributed by atoms with Crippen molar-refractivity contribution in [3.63, 3.8) is 0 Å². The summed E-state index contributed by atoms with van der Waals surface area (Å²) in [4.78, 5) is 0. The maximum absolute atomic E-state index is 10.2. The van der Waals surface area contributed by atoms with Gasteiger partial charge < -0.3 is 6.92 Å². The van der Waals surface area contributed by atoms with Crippen molar-refractivity contribution in [2.45, 2.75) is 65.2 Å². The molecule has 1 N–H and O–H groups in total. The molecule has 18 heavy (non-hydrogen) atoms. The van der Waals surface area contributed by atoms with E-state index in [0.29, 0.717) is 6.42 Å². The molecule has 106 valence electrons. The smallest absolute Gasteiger partial charge is 0.346 e. The summed E-state index contributed by atoms with van der Waals surface area (Å²) in [6.07, 6.45) is 9.05. The van der Waals surface area contributed by atoms with Gasteiger partial charge in [0.1, 0.15) is 0 Å². The Balaban J connectivity index is -0.000000709. The fraction of sp³-hybridized carbons (Fsp3) is 0.917. The van der Waals surface area contributed by atoms with E-state index in [1.807, 2.05) is 0 Å². The van der Waals surface area contributed by atoms with Gasteiger partial charge in [0.2, 0.25) is 0 Å². The SMILES string of the molecule is CCCCCCCCCCOS(=O)(=O)O.[CH2-]C.[Na+]. The van der Waals surface area contributed by atoms with Gasteiger partial charge in [-0.15, -0.1) is 0 Å². The van der Waals surface area contributed by atoms with Crippen molar-refractivity contribution in [3.05, 3.63) is 6.92 Å². The van der Waals surface area contributed by atoms with Crippen LogP contribution in [-0.4, -0.2) is 19.6 Å². The van der Waals surface area contributed by atoms with Crippen LogP contribution in [0.15, 0.2) is 0 Å². The first-order chi connectivity index (χ1) is 8.06. The van der Waals surface area contributed by atoms with Gasteiger partial charge in [-0.05, 0) is 6.42 Å². The normalized spacial score (nSPS) is 10.2. The molecule has 0 bridgehead atoms. The van der Waals surface area contributed by atoms with Gasteiger partial charge in [-0.25, -0.2) is 4.18 Å². The van der Waals surface area contributed by atoms with Gasteiger partial charge >= 0.3 is 40.0 Å². The van der Waals surface area contributed by atoms with Gasteiger partial charge in [0, 0.05) is 0 Å². The monoisotopic (exact) mass is 290 g/mol. The first-order valence-electron chi connectivity index (χ1n) is 6.39. The fourth-order valence-electron chi connectivity index (χ4n) is 1.40. The number of hydrogen-bond donors (Lipinski definition) is 1. The van der Waals surface area contributed by atoms with Gasteiger partial charge in [0.25, 0.3) is 0 Å². The first kappa shape index (κ1) is 23.9. The van der Waals surface area contributed by atoms with Gasteiger partial charge in [-0.3, -0.25) is 4.55 Å². The number of unbranched alkanes of at least 4 members (excludes halogenated alkanes) is 7. The molecular weight excluding hydrogens is 263 g/mol. The minimum atomic E-state index is -4.23. The molecule has 0 saturated heterocycles. The largest absolute Gasteiger partial charge is 1.00 e. The van der Waals surface area contributed by atoms with Gasteiger partial charge in [-0.2, -0.15) is 15.3 Å². The maximum atomic E-state index is 10.2. The molecule has 0 atom stereocenters. The summed E-state index contributed by atoms with van der Waals surface area (Å²) in [5, 5.41) is 0. The second kappa shape index (κ2) is 17.9. The van der Waals surface area contributed by atoms with Crippen molar-refractivity contribution >= 4 is 10.4 Å². The van der Waals surface area contributed by atoms with E-state index in [-0.39, 0.29) is 36.2 Å².